The van der Waals surface area contributed by atoms with Gasteiger partial charge < -0.3 is 5.11 Å². The number of benzene rings is 2. The van der Waals surface area contributed by atoms with Gasteiger partial charge in [-0.25, -0.2) is 4.79 Å². The fraction of sp³-hybridized carbons (Fsp3) is 0. The van der Waals surface area contributed by atoms with Gasteiger partial charge in [-0.1, -0.05) is 36.4 Å². The van der Waals surface area contributed by atoms with Crippen LogP contribution in [0.2, 0.25) is 0 Å². The molecule has 3 heteroatoms. The number of carbonyl (C=O) groups is 1. The standard InChI is InChI=1S/C13H9IO2/c14-12-7-6-10(8-11(12)13(15)16)9-4-2-1-3-5-9/h1-8H,(H,15,16). The van der Waals surface area contributed by atoms with Gasteiger partial charge in [0.25, 0.3) is 0 Å². The molecule has 0 radical (unpaired) electrons. The minimum absolute atomic E-state index is 0.349. The Morgan fingerprint density at radius 2 is 1.69 bits per heavy atom. The molecule has 0 aliphatic rings. The van der Waals surface area contributed by atoms with Gasteiger partial charge >= 0.3 is 5.97 Å². The third kappa shape index (κ3) is 2.24. The van der Waals surface area contributed by atoms with Crippen LogP contribution in [0.15, 0.2) is 48.5 Å². The van der Waals surface area contributed by atoms with Crippen LogP contribution in [-0.2, 0) is 0 Å². The van der Waals surface area contributed by atoms with Crippen LogP contribution in [0.5, 0.6) is 0 Å². The van der Waals surface area contributed by atoms with Crippen LogP contribution in [0.3, 0.4) is 0 Å². The summed E-state index contributed by atoms with van der Waals surface area (Å²) in [7, 11) is 0. The molecule has 2 aromatic carbocycles. The lowest BCUT2D eigenvalue weighted by atomic mass is 10.0. The first-order valence-electron chi connectivity index (χ1n) is 4.77. The highest BCUT2D eigenvalue weighted by molar-refractivity contribution is 14.1. The molecule has 0 aliphatic carbocycles. The molecule has 0 bridgehead atoms. The van der Waals surface area contributed by atoms with E-state index >= 15 is 0 Å². The lowest BCUT2D eigenvalue weighted by Gasteiger charge is -2.04. The maximum absolute atomic E-state index is 11.0. The van der Waals surface area contributed by atoms with Gasteiger partial charge in [-0.2, -0.15) is 0 Å². The fourth-order valence-corrected chi connectivity index (χ4v) is 2.07. The zero-order chi connectivity index (χ0) is 11.5. The summed E-state index contributed by atoms with van der Waals surface area (Å²) in [5, 5.41) is 9.03. The minimum atomic E-state index is -0.887. The molecule has 0 saturated heterocycles. The molecule has 2 nitrogen and oxygen atoms in total. The largest absolute Gasteiger partial charge is 0.478 e. The molecule has 0 aromatic heterocycles. The van der Waals surface area contributed by atoms with Crippen LogP contribution in [-0.4, -0.2) is 11.1 Å². The zero-order valence-corrected chi connectivity index (χ0v) is 10.5. The lowest BCUT2D eigenvalue weighted by molar-refractivity contribution is 0.0696. The molecule has 0 atom stereocenters. The molecule has 0 fully saturated rings. The molecule has 0 aliphatic heterocycles. The maximum Gasteiger partial charge on any atom is 0.336 e. The van der Waals surface area contributed by atoms with Crippen LogP contribution >= 0.6 is 22.6 Å². The number of hydrogen-bond donors (Lipinski definition) is 1. The van der Waals surface area contributed by atoms with Gasteiger partial charge in [-0.05, 0) is 45.9 Å². The van der Waals surface area contributed by atoms with E-state index in [0.29, 0.717) is 5.56 Å². The summed E-state index contributed by atoms with van der Waals surface area (Å²) < 4.78 is 0.754. The third-order valence-electron chi connectivity index (χ3n) is 2.30. The number of aromatic carboxylic acids is 1. The summed E-state index contributed by atoms with van der Waals surface area (Å²) in [6, 6.07) is 15.2. The third-order valence-corrected chi connectivity index (χ3v) is 3.24. The van der Waals surface area contributed by atoms with Crippen molar-refractivity contribution in [3.8, 4) is 11.1 Å². The summed E-state index contributed by atoms with van der Waals surface area (Å²) in [5.74, 6) is -0.887. The molecule has 2 rings (SSSR count). The first-order valence-corrected chi connectivity index (χ1v) is 5.84. The van der Waals surface area contributed by atoms with Gasteiger partial charge in [0, 0.05) is 3.57 Å². The van der Waals surface area contributed by atoms with Crippen molar-refractivity contribution < 1.29 is 9.90 Å². The van der Waals surface area contributed by atoms with Gasteiger partial charge in [0.1, 0.15) is 0 Å². The molecule has 0 spiro atoms. The van der Waals surface area contributed by atoms with Crippen molar-refractivity contribution in [2.24, 2.45) is 0 Å². The molecule has 0 unspecified atom stereocenters. The second kappa shape index (κ2) is 4.65. The van der Waals surface area contributed by atoms with Crippen LogP contribution in [0.1, 0.15) is 10.4 Å². The van der Waals surface area contributed by atoms with Crippen molar-refractivity contribution in [2.75, 3.05) is 0 Å². The van der Waals surface area contributed by atoms with Gasteiger partial charge in [0.05, 0.1) is 5.56 Å². The Labute approximate surface area is 107 Å². The molecular weight excluding hydrogens is 315 g/mol. The Morgan fingerprint density at radius 3 is 2.31 bits per heavy atom. The van der Waals surface area contributed by atoms with Gasteiger partial charge in [-0.15, -0.1) is 0 Å². The van der Waals surface area contributed by atoms with E-state index in [0.717, 1.165) is 14.7 Å². The normalized spacial score (nSPS) is 10.1. The van der Waals surface area contributed by atoms with Crippen LogP contribution < -0.4 is 0 Å². The van der Waals surface area contributed by atoms with Gasteiger partial charge in [0.15, 0.2) is 0 Å². The molecule has 1 N–H and O–H groups in total. The first-order chi connectivity index (χ1) is 7.68. The van der Waals surface area contributed by atoms with Crippen molar-refractivity contribution in [1.29, 1.82) is 0 Å². The number of hydrogen-bond acceptors (Lipinski definition) is 1. The number of rotatable bonds is 2. The van der Waals surface area contributed by atoms with Gasteiger partial charge in [-0.3, -0.25) is 0 Å². The summed E-state index contributed by atoms with van der Waals surface area (Å²) in [6.07, 6.45) is 0. The lowest BCUT2D eigenvalue weighted by Crippen LogP contribution is -1.99. The van der Waals surface area contributed by atoms with Crippen molar-refractivity contribution in [3.63, 3.8) is 0 Å². The SMILES string of the molecule is O=C(O)c1cc(-c2ccccc2)ccc1I. The van der Waals surface area contributed by atoms with Crippen LogP contribution in [0, 0.1) is 3.57 Å². The molecule has 2 aromatic rings. The smallest absolute Gasteiger partial charge is 0.336 e. The Bertz CT molecular complexity index is 521. The second-order valence-electron chi connectivity index (χ2n) is 3.37. The Balaban J connectivity index is 2.52. The average Bonchev–Trinajstić information content (AvgIpc) is 2.30. The van der Waals surface area contributed by atoms with Crippen molar-refractivity contribution in [1.82, 2.24) is 0 Å². The maximum atomic E-state index is 11.0. The van der Waals surface area contributed by atoms with E-state index in [1.165, 1.54) is 0 Å². The minimum Gasteiger partial charge on any atom is -0.478 e. The summed E-state index contributed by atoms with van der Waals surface area (Å²) in [6.45, 7) is 0. The average molecular weight is 324 g/mol. The number of halogens is 1. The fourth-order valence-electron chi connectivity index (χ4n) is 1.50. The van der Waals surface area contributed by atoms with Crippen LogP contribution in [0.4, 0.5) is 0 Å². The summed E-state index contributed by atoms with van der Waals surface area (Å²) >= 11 is 2.03. The number of carboxylic acids is 1. The molecule has 0 amide bonds. The Kier molecular flexibility index (Phi) is 3.24. The molecule has 0 saturated carbocycles. The Morgan fingerprint density at radius 1 is 1.00 bits per heavy atom. The predicted molar refractivity (Wildman–Crippen MR) is 71.6 cm³/mol. The van der Waals surface area contributed by atoms with Gasteiger partial charge in [0.2, 0.25) is 0 Å². The van der Waals surface area contributed by atoms with Crippen LogP contribution in [0.25, 0.3) is 11.1 Å². The Hall–Kier alpha value is -1.36. The molecule has 0 heterocycles. The first kappa shape index (κ1) is 11.1. The van der Waals surface area contributed by atoms with E-state index in [1.807, 2.05) is 65.1 Å². The second-order valence-corrected chi connectivity index (χ2v) is 4.53. The molecule has 80 valence electrons. The predicted octanol–water partition coefficient (Wildman–Crippen LogP) is 3.66. The summed E-state index contributed by atoms with van der Waals surface area (Å²) in [5.41, 5.74) is 2.31. The quantitative estimate of drug-likeness (QED) is 0.856. The highest BCUT2D eigenvalue weighted by atomic mass is 127. The number of carboxylic acid groups (broad SMARTS) is 1. The highest BCUT2D eigenvalue weighted by Gasteiger charge is 2.09. The highest BCUT2D eigenvalue weighted by Crippen LogP contribution is 2.23. The molecule has 16 heavy (non-hydrogen) atoms. The monoisotopic (exact) mass is 324 g/mol. The topological polar surface area (TPSA) is 37.3 Å². The van der Waals surface area contributed by atoms with Crippen molar-refractivity contribution in [3.05, 3.63) is 57.7 Å². The zero-order valence-electron chi connectivity index (χ0n) is 8.35. The van der Waals surface area contributed by atoms with E-state index in [1.54, 1.807) is 6.07 Å². The summed E-state index contributed by atoms with van der Waals surface area (Å²) in [4.78, 5) is 11.0. The van der Waals surface area contributed by atoms with Crippen molar-refractivity contribution >= 4 is 28.6 Å². The molecular formula is C13H9IO2. The van der Waals surface area contributed by atoms with Crippen molar-refractivity contribution in [2.45, 2.75) is 0 Å². The van der Waals surface area contributed by atoms with E-state index in [9.17, 15) is 4.79 Å². The van der Waals surface area contributed by atoms with E-state index in [2.05, 4.69) is 0 Å². The van der Waals surface area contributed by atoms with E-state index in [4.69, 9.17) is 5.11 Å². The van der Waals surface area contributed by atoms with E-state index in [-0.39, 0.29) is 0 Å². The van der Waals surface area contributed by atoms with E-state index < -0.39 is 5.97 Å².